The summed E-state index contributed by atoms with van der Waals surface area (Å²) in [5.41, 5.74) is 1.98. The largest absolute Gasteiger partial charge is 0.310 e. The van der Waals surface area contributed by atoms with Crippen LogP contribution in [0.2, 0.25) is 0 Å². The van der Waals surface area contributed by atoms with Gasteiger partial charge in [-0.25, -0.2) is 0 Å². The van der Waals surface area contributed by atoms with Crippen LogP contribution in [0.15, 0.2) is 29.2 Å². The van der Waals surface area contributed by atoms with Crippen molar-refractivity contribution in [3.63, 3.8) is 0 Å². The van der Waals surface area contributed by atoms with Crippen molar-refractivity contribution in [1.29, 1.82) is 0 Å². The Hall–Kier alpha value is -0.470. The van der Waals surface area contributed by atoms with E-state index in [9.17, 15) is 0 Å². The van der Waals surface area contributed by atoms with Gasteiger partial charge < -0.3 is 5.32 Å². The Morgan fingerprint density at radius 2 is 1.94 bits per heavy atom. The quantitative estimate of drug-likeness (QED) is 0.778. The van der Waals surface area contributed by atoms with E-state index in [2.05, 4.69) is 49.7 Å². The van der Waals surface area contributed by atoms with Gasteiger partial charge in [-0.3, -0.25) is 0 Å². The maximum atomic E-state index is 3.63. The van der Waals surface area contributed by atoms with Gasteiger partial charge in [0.05, 0.1) is 0 Å². The Morgan fingerprint density at radius 1 is 1.31 bits per heavy atom. The van der Waals surface area contributed by atoms with Crippen molar-refractivity contribution in [1.82, 2.24) is 5.32 Å². The number of benzene rings is 1. The molecule has 0 spiro atoms. The molecule has 0 aromatic heterocycles. The normalized spacial score (nSPS) is 19.4. The summed E-state index contributed by atoms with van der Waals surface area (Å²) in [6.45, 7) is 5.77. The summed E-state index contributed by atoms with van der Waals surface area (Å²) < 4.78 is 0. The van der Waals surface area contributed by atoms with Crippen LogP contribution in [0.25, 0.3) is 0 Å². The molecule has 88 valence electrons. The highest BCUT2D eigenvalue weighted by atomic mass is 32.2. The van der Waals surface area contributed by atoms with Crippen LogP contribution in [0.1, 0.15) is 38.3 Å². The Labute approximate surface area is 103 Å². The molecule has 0 saturated heterocycles. The molecule has 1 atom stereocenters. The first-order valence-electron chi connectivity index (χ1n) is 6.00. The van der Waals surface area contributed by atoms with Crippen molar-refractivity contribution in [2.75, 3.05) is 12.8 Å². The van der Waals surface area contributed by atoms with Gasteiger partial charge in [-0.1, -0.05) is 19.1 Å². The number of hydrogen-bond donors (Lipinski definition) is 1. The van der Waals surface area contributed by atoms with Gasteiger partial charge in [0.25, 0.3) is 0 Å². The van der Waals surface area contributed by atoms with Crippen LogP contribution in [-0.4, -0.2) is 12.8 Å². The predicted octanol–water partition coefficient (Wildman–Crippen LogP) is 3.86. The van der Waals surface area contributed by atoms with Crippen molar-refractivity contribution >= 4 is 11.8 Å². The second-order valence-corrected chi connectivity index (χ2v) is 6.07. The highest BCUT2D eigenvalue weighted by Gasteiger charge is 2.36. The predicted molar refractivity (Wildman–Crippen MR) is 72.0 cm³/mol. The lowest BCUT2D eigenvalue weighted by Gasteiger charge is -2.17. The van der Waals surface area contributed by atoms with Crippen molar-refractivity contribution < 1.29 is 0 Å². The summed E-state index contributed by atoms with van der Waals surface area (Å²) in [4.78, 5) is 1.34. The van der Waals surface area contributed by atoms with E-state index in [-0.39, 0.29) is 0 Å². The van der Waals surface area contributed by atoms with E-state index in [1.807, 2.05) is 0 Å². The van der Waals surface area contributed by atoms with E-state index < -0.39 is 0 Å². The first-order valence-corrected chi connectivity index (χ1v) is 7.23. The van der Waals surface area contributed by atoms with E-state index in [1.165, 1.54) is 23.3 Å². The molecule has 2 rings (SSSR count). The van der Waals surface area contributed by atoms with E-state index in [0.717, 1.165) is 6.54 Å². The molecule has 1 aliphatic rings. The Balaban J connectivity index is 1.89. The third kappa shape index (κ3) is 3.02. The van der Waals surface area contributed by atoms with Crippen LogP contribution in [0.5, 0.6) is 0 Å². The molecule has 0 heterocycles. The molecular weight excluding hydrogens is 214 g/mol. The zero-order valence-electron chi connectivity index (χ0n) is 10.4. The van der Waals surface area contributed by atoms with Gasteiger partial charge in [-0.15, -0.1) is 11.8 Å². The lowest BCUT2D eigenvalue weighted by atomic mass is 10.1. The Bertz CT molecular complexity index is 340. The van der Waals surface area contributed by atoms with E-state index >= 15 is 0 Å². The van der Waals surface area contributed by atoms with Crippen molar-refractivity contribution in [2.45, 2.75) is 37.6 Å². The summed E-state index contributed by atoms with van der Waals surface area (Å²) >= 11 is 1.80. The highest BCUT2D eigenvalue weighted by Crippen LogP contribution is 2.44. The molecule has 1 aromatic rings. The van der Waals surface area contributed by atoms with Crippen LogP contribution in [0, 0.1) is 5.41 Å². The molecule has 0 radical (unpaired) electrons. The number of rotatable bonds is 5. The number of thioether (sulfide) groups is 1. The standard InChI is InChI=1S/C14H21NS/c1-11(15-10-14(2)8-9-14)12-4-6-13(16-3)7-5-12/h4-7,11,15H,8-10H2,1-3H3. The molecule has 1 saturated carbocycles. The van der Waals surface area contributed by atoms with E-state index in [0.29, 0.717) is 11.5 Å². The van der Waals surface area contributed by atoms with Crippen LogP contribution in [0.4, 0.5) is 0 Å². The molecule has 1 nitrogen and oxygen atoms in total. The molecule has 0 amide bonds. The first kappa shape index (κ1) is 12.0. The molecule has 1 fully saturated rings. The SMILES string of the molecule is CSc1ccc(C(C)NCC2(C)CC2)cc1. The van der Waals surface area contributed by atoms with Crippen molar-refractivity contribution in [3.8, 4) is 0 Å². The van der Waals surface area contributed by atoms with Crippen molar-refractivity contribution in [3.05, 3.63) is 29.8 Å². The van der Waals surface area contributed by atoms with Crippen LogP contribution in [0.3, 0.4) is 0 Å². The van der Waals surface area contributed by atoms with Crippen LogP contribution >= 0.6 is 11.8 Å². The average molecular weight is 235 g/mol. The fourth-order valence-corrected chi connectivity index (χ4v) is 2.21. The summed E-state index contributed by atoms with van der Waals surface area (Å²) in [7, 11) is 0. The zero-order chi connectivity index (χ0) is 11.6. The maximum absolute atomic E-state index is 3.63. The minimum atomic E-state index is 0.466. The molecule has 1 aliphatic carbocycles. The molecule has 1 unspecified atom stereocenters. The highest BCUT2D eigenvalue weighted by molar-refractivity contribution is 7.98. The molecule has 0 bridgehead atoms. The Morgan fingerprint density at radius 3 is 2.44 bits per heavy atom. The fraction of sp³-hybridized carbons (Fsp3) is 0.571. The zero-order valence-corrected chi connectivity index (χ0v) is 11.2. The van der Waals surface area contributed by atoms with Gasteiger partial charge in [-0.2, -0.15) is 0 Å². The van der Waals surface area contributed by atoms with Gasteiger partial charge in [-0.05, 0) is 49.1 Å². The van der Waals surface area contributed by atoms with Gasteiger partial charge in [0, 0.05) is 17.5 Å². The minimum absolute atomic E-state index is 0.466. The van der Waals surface area contributed by atoms with E-state index in [4.69, 9.17) is 0 Å². The topological polar surface area (TPSA) is 12.0 Å². The summed E-state index contributed by atoms with van der Waals surface area (Å²) in [6.07, 6.45) is 4.89. The molecule has 16 heavy (non-hydrogen) atoms. The van der Waals surface area contributed by atoms with Crippen LogP contribution in [-0.2, 0) is 0 Å². The smallest absolute Gasteiger partial charge is 0.0292 e. The van der Waals surface area contributed by atoms with Gasteiger partial charge in [0.15, 0.2) is 0 Å². The molecule has 1 aromatic carbocycles. The molecular formula is C14H21NS. The number of nitrogens with one attached hydrogen (secondary N) is 1. The minimum Gasteiger partial charge on any atom is -0.310 e. The molecule has 2 heteroatoms. The second kappa shape index (κ2) is 4.80. The molecule has 0 aliphatic heterocycles. The Kier molecular flexibility index (Phi) is 3.60. The second-order valence-electron chi connectivity index (χ2n) is 5.19. The third-order valence-corrected chi connectivity index (χ3v) is 4.30. The number of hydrogen-bond acceptors (Lipinski definition) is 2. The summed E-state index contributed by atoms with van der Waals surface area (Å²) in [6, 6.07) is 9.35. The average Bonchev–Trinajstić information content (AvgIpc) is 3.05. The molecule has 1 N–H and O–H groups in total. The summed E-state index contributed by atoms with van der Waals surface area (Å²) in [5.74, 6) is 0. The van der Waals surface area contributed by atoms with Gasteiger partial charge in [0.2, 0.25) is 0 Å². The lowest BCUT2D eigenvalue weighted by molar-refractivity contribution is 0.457. The monoisotopic (exact) mass is 235 g/mol. The third-order valence-electron chi connectivity index (χ3n) is 3.55. The van der Waals surface area contributed by atoms with Crippen LogP contribution < -0.4 is 5.32 Å². The van der Waals surface area contributed by atoms with Gasteiger partial charge in [0.1, 0.15) is 0 Å². The fourth-order valence-electron chi connectivity index (χ4n) is 1.80. The maximum Gasteiger partial charge on any atom is 0.0292 e. The lowest BCUT2D eigenvalue weighted by Crippen LogP contribution is -2.25. The van der Waals surface area contributed by atoms with E-state index in [1.54, 1.807) is 11.8 Å². The van der Waals surface area contributed by atoms with Gasteiger partial charge >= 0.3 is 0 Å². The first-order chi connectivity index (χ1) is 7.63. The summed E-state index contributed by atoms with van der Waals surface area (Å²) in [5, 5.41) is 3.63. The van der Waals surface area contributed by atoms with Crippen molar-refractivity contribution in [2.24, 2.45) is 5.41 Å².